The van der Waals surface area contributed by atoms with E-state index >= 15 is 0 Å². The topological polar surface area (TPSA) is 29.5 Å². The summed E-state index contributed by atoms with van der Waals surface area (Å²) >= 11 is 0. The molecule has 3 nitrogen and oxygen atoms in total. The summed E-state index contributed by atoms with van der Waals surface area (Å²) < 4.78 is 4.84. The highest BCUT2D eigenvalue weighted by atomic mass is 16.5. The summed E-state index contributed by atoms with van der Waals surface area (Å²) in [5, 5.41) is 0. The quantitative estimate of drug-likeness (QED) is 0.665. The van der Waals surface area contributed by atoms with Crippen molar-refractivity contribution in [3.05, 3.63) is 0 Å². The molecular formula is C13H21NO2. The maximum Gasteiger partial charge on any atom is 0.322 e. The summed E-state index contributed by atoms with van der Waals surface area (Å²) in [6, 6.07) is -0.0463. The van der Waals surface area contributed by atoms with Crippen LogP contribution in [-0.2, 0) is 9.53 Å². The molecule has 2 bridgehead atoms. The van der Waals surface area contributed by atoms with E-state index in [1.165, 1.54) is 26.4 Å². The molecule has 0 unspecified atom stereocenters. The predicted octanol–water partition coefficient (Wildman–Crippen LogP) is 1.53. The summed E-state index contributed by atoms with van der Waals surface area (Å²) in [6.07, 6.45) is 4.34. The molecule has 3 aliphatic rings. The number of methoxy groups -OCH3 is 1. The van der Waals surface area contributed by atoms with E-state index in [4.69, 9.17) is 4.74 Å². The second kappa shape index (κ2) is 3.73. The van der Waals surface area contributed by atoms with E-state index in [9.17, 15) is 4.79 Å². The Morgan fingerprint density at radius 2 is 1.81 bits per heavy atom. The molecule has 0 radical (unpaired) electrons. The van der Waals surface area contributed by atoms with Crippen LogP contribution in [0.2, 0.25) is 0 Å². The first-order chi connectivity index (χ1) is 7.70. The average Bonchev–Trinajstić information content (AvgIpc) is 2.97. The van der Waals surface area contributed by atoms with Crippen LogP contribution in [0.25, 0.3) is 0 Å². The Labute approximate surface area is 97.1 Å². The van der Waals surface area contributed by atoms with Crippen molar-refractivity contribution in [1.82, 2.24) is 4.90 Å². The number of likely N-dealkylation sites (tertiary alicyclic amines) is 1. The normalized spacial score (nSPS) is 43.4. The predicted molar refractivity (Wildman–Crippen MR) is 60.9 cm³/mol. The lowest BCUT2D eigenvalue weighted by atomic mass is 9.82. The molecule has 3 rings (SSSR count). The number of carbonyl (C=O) groups excluding carboxylic acids is 1. The van der Waals surface area contributed by atoms with E-state index in [0.717, 1.165) is 36.8 Å². The molecule has 1 heterocycles. The molecule has 0 aromatic rings. The van der Waals surface area contributed by atoms with Gasteiger partial charge < -0.3 is 4.74 Å². The van der Waals surface area contributed by atoms with Crippen molar-refractivity contribution in [1.29, 1.82) is 0 Å². The highest BCUT2D eigenvalue weighted by Crippen LogP contribution is 2.55. The molecule has 0 amide bonds. The Kier molecular flexibility index (Phi) is 2.46. The zero-order chi connectivity index (χ0) is 11.3. The van der Waals surface area contributed by atoms with Crippen LogP contribution in [-0.4, -0.2) is 37.1 Å². The fourth-order valence-electron chi connectivity index (χ4n) is 4.35. The van der Waals surface area contributed by atoms with Gasteiger partial charge in [0, 0.05) is 13.1 Å². The summed E-state index contributed by atoms with van der Waals surface area (Å²) in [6.45, 7) is 4.24. The maximum atomic E-state index is 11.5. The summed E-state index contributed by atoms with van der Waals surface area (Å²) in [7, 11) is 1.49. The zero-order valence-corrected chi connectivity index (χ0v) is 10.2. The van der Waals surface area contributed by atoms with Gasteiger partial charge in [-0.1, -0.05) is 0 Å². The van der Waals surface area contributed by atoms with Gasteiger partial charge in [0.15, 0.2) is 0 Å². The van der Waals surface area contributed by atoms with Crippen LogP contribution in [0, 0.1) is 23.7 Å². The van der Waals surface area contributed by atoms with Gasteiger partial charge in [0.2, 0.25) is 0 Å². The van der Waals surface area contributed by atoms with Crippen molar-refractivity contribution >= 4 is 5.97 Å². The Balaban J connectivity index is 1.68. The fourth-order valence-corrected chi connectivity index (χ4v) is 4.35. The molecule has 5 atom stereocenters. The van der Waals surface area contributed by atoms with Gasteiger partial charge in [-0.3, -0.25) is 9.69 Å². The lowest BCUT2D eigenvalue weighted by Gasteiger charge is -2.23. The Morgan fingerprint density at radius 1 is 1.25 bits per heavy atom. The second-order valence-corrected chi connectivity index (χ2v) is 5.81. The number of fused-ring (bicyclic) bond motifs is 5. The molecule has 16 heavy (non-hydrogen) atoms. The van der Waals surface area contributed by atoms with E-state index < -0.39 is 0 Å². The lowest BCUT2D eigenvalue weighted by Crippen LogP contribution is -2.39. The van der Waals surface area contributed by atoms with Gasteiger partial charge in [0.25, 0.3) is 0 Å². The lowest BCUT2D eigenvalue weighted by molar-refractivity contribution is -0.146. The van der Waals surface area contributed by atoms with Crippen LogP contribution < -0.4 is 0 Å². The molecule has 1 saturated heterocycles. The van der Waals surface area contributed by atoms with Gasteiger partial charge in [-0.25, -0.2) is 0 Å². The number of ether oxygens (including phenoxy) is 1. The van der Waals surface area contributed by atoms with Gasteiger partial charge in [0.1, 0.15) is 6.04 Å². The van der Waals surface area contributed by atoms with Crippen LogP contribution in [0.4, 0.5) is 0 Å². The van der Waals surface area contributed by atoms with Gasteiger partial charge in [-0.2, -0.15) is 0 Å². The second-order valence-electron chi connectivity index (χ2n) is 5.81. The standard InChI is InChI=1S/C13H21NO2/c1-8(13(15)16-2)14-6-11-9-3-4-10(5-9)12(11)7-14/h8-12H,3-7H2,1-2H3/t8-,9-,10+,11-,12+/m0/s1. The third-order valence-electron chi connectivity index (χ3n) is 5.26. The van der Waals surface area contributed by atoms with Crippen LogP contribution in [0.5, 0.6) is 0 Å². The van der Waals surface area contributed by atoms with Crippen molar-refractivity contribution in [2.75, 3.05) is 20.2 Å². The van der Waals surface area contributed by atoms with Crippen molar-refractivity contribution in [3.8, 4) is 0 Å². The number of nitrogens with zero attached hydrogens (tertiary/aromatic N) is 1. The highest BCUT2D eigenvalue weighted by molar-refractivity contribution is 5.75. The van der Waals surface area contributed by atoms with Crippen LogP contribution in [0.15, 0.2) is 0 Å². The van der Waals surface area contributed by atoms with Crippen LogP contribution in [0.3, 0.4) is 0 Å². The zero-order valence-electron chi connectivity index (χ0n) is 10.2. The third-order valence-corrected chi connectivity index (χ3v) is 5.26. The molecular weight excluding hydrogens is 202 g/mol. The first kappa shape index (κ1) is 10.6. The monoisotopic (exact) mass is 223 g/mol. The molecule has 2 aliphatic carbocycles. The average molecular weight is 223 g/mol. The molecule has 2 saturated carbocycles. The summed E-state index contributed by atoms with van der Waals surface area (Å²) in [5.41, 5.74) is 0. The van der Waals surface area contributed by atoms with E-state index in [0.29, 0.717) is 0 Å². The maximum absolute atomic E-state index is 11.5. The summed E-state index contributed by atoms with van der Waals surface area (Å²) in [4.78, 5) is 13.9. The van der Waals surface area contributed by atoms with Crippen molar-refractivity contribution < 1.29 is 9.53 Å². The van der Waals surface area contributed by atoms with Crippen molar-refractivity contribution in [3.63, 3.8) is 0 Å². The molecule has 0 N–H and O–H groups in total. The number of carbonyl (C=O) groups is 1. The van der Waals surface area contributed by atoms with Crippen LogP contribution >= 0.6 is 0 Å². The Bertz CT molecular complexity index is 286. The van der Waals surface area contributed by atoms with E-state index in [2.05, 4.69) is 4.90 Å². The third kappa shape index (κ3) is 1.41. The SMILES string of the molecule is COC(=O)[C@H](C)N1C[C@@H]2[C@@H]3CC[C@@H](C3)[C@@H]2C1. The first-order valence-corrected chi connectivity index (χ1v) is 6.52. The molecule has 0 aromatic heterocycles. The van der Waals surface area contributed by atoms with Gasteiger partial charge in [0.05, 0.1) is 7.11 Å². The van der Waals surface area contributed by atoms with Gasteiger partial charge in [-0.15, -0.1) is 0 Å². The van der Waals surface area contributed by atoms with Gasteiger partial charge >= 0.3 is 5.97 Å². The first-order valence-electron chi connectivity index (χ1n) is 6.52. The van der Waals surface area contributed by atoms with Gasteiger partial charge in [-0.05, 0) is 49.9 Å². The number of esters is 1. The number of rotatable bonds is 2. The number of hydrogen-bond acceptors (Lipinski definition) is 3. The molecule has 0 spiro atoms. The minimum absolute atomic E-state index is 0.0463. The van der Waals surface area contributed by atoms with E-state index in [-0.39, 0.29) is 12.0 Å². The molecule has 3 heteroatoms. The smallest absolute Gasteiger partial charge is 0.322 e. The van der Waals surface area contributed by atoms with Crippen molar-refractivity contribution in [2.24, 2.45) is 23.7 Å². The Hall–Kier alpha value is -0.570. The largest absolute Gasteiger partial charge is 0.468 e. The highest BCUT2D eigenvalue weighted by Gasteiger charge is 2.52. The van der Waals surface area contributed by atoms with E-state index in [1.807, 2.05) is 6.92 Å². The summed E-state index contributed by atoms with van der Waals surface area (Å²) in [5.74, 6) is 3.61. The fraction of sp³-hybridized carbons (Fsp3) is 0.923. The molecule has 0 aromatic carbocycles. The molecule has 90 valence electrons. The number of hydrogen-bond donors (Lipinski definition) is 0. The minimum Gasteiger partial charge on any atom is -0.468 e. The van der Waals surface area contributed by atoms with E-state index in [1.54, 1.807) is 0 Å². The molecule has 1 aliphatic heterocycles. The Morgan fingerprint density at radius 3 is 2.31 bits per heavy atom. The minimum atomic E-state index is -0.0766. The van der Waals surface area contributed by atoms with Crippen LogP contribution in [0.1, 0.15) is 26.2 Å². The van der Waals surface area contributed by atoms with Crippen molar-refractivity contribution in [2.45, 2.75) is 32.2 Å². The molecule has 3 fully saturated rings.